The lowest BCUT2D eigenvalue weighted by atomic mass is 9.98. The Labute approximate surface area is 110 Å². The Morgan fingerprint density at radius 3 is 3.06 bits per heavy atom. The van der Waals surface area contributed by atoms with Crippen molar-refractivity contribution in [3.05, 3.63) is 30.1 Å². The molecule has 98 valence electrons. The summed E-state index contributed by atoms with van der Waals surface area (Å²) in [5, 5.41) is 3.14. The quantitative estimate of drug-likeness (QED) is 0.853. The molecule has 0 aromatic heterocycles. The summed E-state index contributed by atoms with van der Waals surface area (Å²) in [6.45, 7) is 2.14. The molecule has 18 heavy (non-hydrogen) atoms. The van der Waals surface area contributed by atoms with E-state index in [9.17, 15) is 9.18 Å². The van der Waals surface area contributed by atoms with Crippen LogP contribution in [0, 0.1) is 5.82 Å². The Hall–Kier alpha value is -1.23. The number of halogens is 1. The molecule has 2 rings (SSSR count). The van der Waals surface area contributed by atoms with Crippen LogP contribution in [0.5, 0.6) is 0 Å². The van der Waals surface area contributed by atoms with Crippen LogP contribution in [0.2, 0.25) is 0 Å². The van der Waals surface area contributed by atoms with Crippen molar-refractivity contribution in [2.45, 2.75) is 18.9 Å². The monoisotopic (exact) mass is 269 g/mol. The minimum Gasteiger partial charge on any atom is -0.464 e. The smallest absolute Gasteiger partial charge is 0.332 e. The van der Waals surface area contributed by atoms with Gasteiger partial charge in [0.05, 0.1) is 6.61 Å². The number of benzene rings is 1. The van der Waals surface area contributed by atoms with E-state index < -0.39 is 5.54 Å². The highest BCUT2D eigenvalue weighted by atomic mass is 32.2. The first kappa shape index (κ1) is 13.2. The van der Waals surface area contributed by atoms with Crippen molar-refractivity contribution in [1.29, 1.82) is 0 Å². The van der Waals surface area contributed by atoms with Crippen molar-refractivity contribution >= 4 is 23.4 Å². The van der Waals surface area contributed by atoms with Crippen molar-refractivity contribution in [2.24, 2.45) is 0 Å². The summed E-state index contributed by atoms with van der Waals surface area (Å²) in [6, 6.07) is 6.15. The van der Waals surface area contributed by atoms with Crippen LogP contribution in [0.4, 0.5) is 10.1 Å². The second-order valence-electron chi connectivity index (χ2n) is 4.24. The molecule has 1 unspecified atom stereocenters. The number of ether oxygens (including phenoxy) is 1. The first-order chi connectivity index (χ1) is 8.66. The standard InChI is InChI=1S/C13H16FNO2S/c1-2-17-12(16)13(6-7-18-9-13)15-11-5-3-4-10(14)8-11/h3-5,8,15H,2,6-7,9H2,1H3. The molecule has 0 bridgehead atoms. The number of thioether (sulfide) groups is 1. The summed E-state index contributed by atoms with van der Waals surface area (Å²) in [5.41, 5.74) is -0.0976. The van der Waals surface area contributed by atoms with Gasteiger partial charge in [-0.3, -0.25) is 0 Å². The largest absolute Gasteiger partial charge is 0.464 e. The maximum absolute atomic E-state index is 13.2. The van der Waals surface area contributed by atoms with E-state index in [0.29, 0.717) is 24.5 Å². The number of carbonyl (C=O) groups excluding carboxylic acids is 1. The van der Waals surface area contributed by atoms with E-state index in [1.807, 2.05) is 0 Å². The Morgan fingerprint density at radius 1 is 1.61 bits per heavy atom. The lowest BCUT2D eigenvalue weighted by Crippen LogP contribution is -2.47. The maximum atomic E-state index is 13.2. The zero-order chi connectivity index (χ0) is 13.0. The highest BCUT2D eigenvalue weighted by molar-refractivity contribution is 7.99. The summed E-state index contributed by atoms with van der Waals surface area (Å²) in [4.78, 5) is 12.1. The van der Waals surface area contributed by atoms with Gasteiger partial charge >= 0.3 is 5.97 Å². The minimum atomic E-state index is -0.714. The fraction of sp³-hybridized carbons (Fsp3) is 0.462. The van der Waals surface area contributed by atoms with Gasteiger partial charge in [0.1, 0.15) is 11.4 Å². The van der Waals surface area contributed by atoms with E-state index in [2.05, 4.69) is 5.32 Å². The Morgan fingerprint density at radius 2 is 2.44 bits per heavy atom. The normalized spacial score (nSPS) is 22.8. The van der Waals surface area contributed by atoms with Crippen molar-refractivity contribution in [3.63, 3.8) is 0 Å². The summed E-state index contributed by atoms with van der Waals surface area (Å²) < 4.78 is 18.3. The molecular weight excluding hydrogens is 253 g/mol. The predicted octanol–water partition coefficient (Wildman–Crippen LogP) is 2.68. The van der Waals surface area contributed by atoms with Gasteiger partial charge in [-0.15, -0.1) is 0 Å². The van der Waals surface area contributed by atoms with Gasteiger partial charge in [-0.1, -0.05) is 6.07 Å². The Bertz CT molecular complexity index is 433. The van der Waals surface area contributed by atoms with Gasteiger partial charge in [-0.05, 0) is 37.3 Å². The molecule has 1 heterocycles. The van der Waals surface area contributed by atoms with Gasteiger partial charge in [0.25, 0.3) is 0 Å². The first-order valence-corrected chi connectivity index (χ1v) is 7.10. The molecule has 3 nitrogen and oxygen atoms in total. The summed E-state index contributed by atoms with van der Waals surface area (Å²) in [7, 11) is 0. The molecule has 0 spiro atoms. The van der Waals surface area contributed by atoms with Crippen LogP contribution < -0.4 is 5.32 Å². The van der Waals surface area contributed by atoms with Crippen molar-refractivity contribution in [3.8, 4) is 0 Å². The number of hydrogen-bond acceptors (Lipinski definition) is 4. The lowest BCUT2D eigenvalue weighted by molar-refractivity contribution is -0.147. The molecule has 1 N–H and O–H groups in total. The van der Waals surface area contributed by atoms with E-state index in [1.165, 1.54) is 12.1 Å². The molecule has 1 atom stereocenters. The topological polar surface area (TPSA) is 38.3 Å². The fourth-order valence-electron chi connectivity index (χ4n) is 1.99. The van der Waals surface area contributed by atoms with Gasteiger partial charge in [0.2, 0.25) is 0 Å². The average Bonchev–Trinajstić information content (AvgIpc) is 2.79. The molecule has 0 saturated carbocycles. The van der Waals surface area contributed by atoms with Crippen molar-refractivity contribution in [1.82, 2.24) is 0 Å². The van der Waals surface area contributed by atoms with E-state index in [4.69, 9.17) is 4.74 Å². The van der Waals surface area contributed by atoms with Gasteiger partial charge in [0, 0.05) is 11.4 Å². The lowest BCUT2D eigenvalue weighted by Gasteiger charge is -2.28. The van der Waals surface area contributed by atoms with Crippen molar-refractivity contribution < 1.29 is 13.9 Å². The van der Waals surface area contributed by atoms with Gasteiger partial charge in [0.15, 0.2) is 0 Å². The van der Waals surface area contributed by atoms with E-state index in [0.717, 1.165) is 5.75 Å². The maximum Gasteiger partial charge on any atom is 0.332 e. The zero-order valence-corrected chi connectivity index (χ0v) is 11.1. The average molecular weight is 269 g/mol. The molecule has 0 amide bonds. The molecule has 1 fully saturated rings. The molecular formula is C13H16FNO2S. The third-order valence-corrected chi connectivity index (χ3v) is 4.09. The molecule has 1 aliphatic heterocycles. The van der Waals surface area contributed by atoms with Crippen LogP contribution >= 0.6 is 11.8 Å². The Kier molecular flexibility index (Phi) is 4.11. The van der Waals surface area contributed by atoms with Crippen molar-refractivity contribution in [2.75, 3.05) is 23.4 Å². The van der Waals surface area contributed by atoms with Gasteiger partial charge in [-0.25, -0.2) is 9.18 Å². The highest BCUT2D eigenvalue weighted by Gasteiger charge is 2.43. The number of carbonyl (C=O) groups is 1. The van der Waals surface area contributed by atoms with Gasteiger partial charge in [-0.2, -0.15) is 11.8 Å². The highest BCUT2D eigenvalue weighted by Crippen LogP contribution is 2.32. The molecule has 1 aliphatic rings. The van der Waals surface area contributed by atoms with E-state index >= 15 is 0 Å². The Balaban J connectivity index is 2.18. The fourth-order valence-corrected chi connectivity index (χ4v) is 3.31. The van der Waals surface area contributed by atoms with Crippen LogP contribution in [0.25, 0.3) is 0 Å². The molecule has 5 heteroatoms. The molecule has 1 aromatic carbocycles. The summed E-state index contributed by atoms with van der Waals surface area (Å²) in [5.74, 6) is 0.993. The second kappa shape index (κ2) is 5.61. The van der Waals surface area contributed by atoms with Gasteiger partial charge < -0.3 is 10.1 Å². The number of nitrogens with one attached hydrogen (secondary N) is 1. The summed E-state index contributed by atoms with van der Waals surface area (Å²) >= 11 is 1.70. The molecule has 0 radical (unpaired) electrons. The van der Waals surface area contributed by atoms with E-state index in [1.54, 1.807) is 30.8 Å². The van der Waals surface area contributed by atoms with Crippen LogP contribution in [0.3, 0.4) is 0 Å². The summed E-state index contributed by atoms with van der Waals surface area (Å²) in [6.07, 6.45) is 0.701. The molecule has 1 aromatic rings. The van der Waals surface area contributed by atoms with Crippen LogP contribution in [0.15, 0.2) is 24.3 Å². The number of anilines is 1. The van der Waals surface area contributed by atoms with Crippen LogP contribution in [-0.2, 0) is 9.53 Å². The van der Waals surface area contributed by atoms with E-state index in [-0.39, 0.29) is 11.8 Å². The zero-order valence-electron chi connectivity index (χ0n) is 10.2. The first-order valence-electron chi connectivity index (χ1n) is 5.95. The predicted molar refractivity (Wildman–Crippen MR) is 71.3 cm³/mol. The van der Waals surface area contributed by atoms with Crippen LogP contribution in [-0.4, -0.2) is 29.6 Å². The number of hydrogen-bond donors (Lipinski definition) is 1. The third-order valence-electron chi connectivity index (χ3n) is 2.90. The SMILES string of the molecule is CCOC(=O)C1(Nc2cccc(F)c2)CCSC1. The minimum absolute atomic E-state index is 0.251. The number of rotatable bonds is 4. The molecule has 0 aliphatic carbocycles. The second-order valence-corrected chi connectivity index (χ2v) is 5.35. The third kappa shape index (κ3) is 2.77. The number of esters is 1. The molecule has 1 saturated heterocycles. The van der Waals surface area contributed by atoms with Crippen LogP contribution in [0.1, 0.15) is 13.3 Å².